The molecule has 0 rings (SSSR count). The van der Waals surface area contributed by atoms with E-state index in [1.165, 1.54) is 6.42 Å². The maximum absolute atomic E-state index is 12.9. The van der Waals surface area contributed by atoms with Gasteiger partial charge in [0.2, 0.25) is 0 Å². The van der Waals surface area contributed by atoms with Gasteiger partial charge in [-0.05, 0) is 154 Å². The molecule has 0 amide bonds. The highest BCUT2D eigenvalue weighted by atomic mass is 16.6. The van der Waals surface area contributed by atoms with Crippen molar-refractivity contribution in [1.29, 1.82) is 0 Å². The Morgan fingerprint density at radius 2 is 0.481 bits per heavy atom. The van der Waals surface area contributed by atoms with Crippen LogP contribution in [0.4, 0.5) is 0 Å². The Labute approximate surface area is 497 Å². The van der Waals surface area contributed by atoms with E-state index in [-0.39, 0.29) is 31.1 Å². The van der Waals surface area contributed by atoms with E-state index >= 15 is 0 Å². The van der Waals surface area contributed by atoms with Crippen LogP contribution >= 0.6 is 0 Å². The number of unbranched alkanes of at least 4 members (excludes halogenated alkanes) is 15. The number of esters is 3. The smallest absolute Gasteiger partial charge is 0.306 e. The number of carbonyl (C=O) groups is 3. The van der Waals surface area contributed by atoms with Gasteiger partial charge < -0.3 is 14.2 Å². The summed E-state index contributed by atoms with van der Waals surface area (Å²) in [6.45, 7) is 6.29. The summed E-state index contributed by atoms with van der Waals surface area (Å²) in [7, 11) is 0. The third-order valence-electron chi connectivity index (χ3n) is 12.9. The highest BCUT2D eigenvalue weighted by Crippen LogP contribution is 2.13. The minimum Gasteiger partial charge on any atom is -0.462 e. The predicted octanol–water partition coefficient (Wildman–Crippen LogP) is 22.4. The molecule has 81 heavy (non-hydrogen) atoms. The maximum Gasteiger partial charge on any atom is 0.306 e. The molecule has 0 radical (unpaired) electrons. The number of carbonyl (C=O) groups excluding carboxylic acids is 3. The van der Waals surface area contributed by atoms with Crippen LogP contribution in [0.1, 0.15) is 252 Å². The molecule has 0 saturated heterocycles. The molecule has 0 aromatic heterocycles. The van der Waals surface area contributed by atoms with Gasteiger partial charge in [0.1, 0.15) is 13.2 Å². The number of rotatable bonds is 56. The van der Waals surface area contributed by atoms with E-state index in [1.54, 1.807) is 0 Å². The fourth-order valence-electron chi connectivity index (χ4n) is 8.11. The van der Waals surface area contributed by atoms with Crippen LogP contribution in [0.3, 0.4) is 0 Å². The van der Waals surface area contributed by atoms with E-state index in [0.29, 0.717) is 19.3 Å². The molecule has 0 spiro atoms. The van der Waals surface area contributed by atoms with Gasteiger partial charge in [0.05, 0.1) is 0 Å². The lowest BCUT2D eigenvalue weighted by Crippen LogP contribution is -2.30. The Morgan fingerprint density at radius 3 is 0.753 bits per heavy atom. The molecule has 0 aromatic rings. The molecule has 0 aromatic carbocycles. The Morgan fingerprint density at radius 1 is 0.259 bits per heavy atom. The van der Waals surface area contributed by atoms with Gasteiger partial charge in [-0.2, -0.15) is 0 Å². The normalized spacial score (nSPS) is 13.4. The molecule has 0 aliphatic carbocycles. The number of hydrogen-bond acceptors (Lipinski definition) is 6. The summed E-state index contributed by atoms with van der Waals surface area (Å²) in [6.07, 6.45) is 100. The molecule has 0 aliphatic rings. The highest BCUT2D eigenvalue weighted by molar-refractivity contribution is 5.71. The Hall–Kier alpha value is -5.49. The molecule has 0 bridgehead atoms. The van der Waals surface area contributed by atoms with Crippen LogP contribution in [-0.2, 0) is 28.6 Å². The minimum absolute atomic E-state index is 0.109. The Balaban J connectivity index is 4.36. The summed E-state index contributed by atoms with van der Waals surface area (Å²) < 4.78 is 16.8. The standard InChI is InChI=1S/C75H116O6/c1-4-7-10-13-16-19-22-25-27-28-29-30-31-32-33-34-35-36-37-38-39-40-41-42-43-44-45-46-48-50-53-56-59-62-65-68-74(77)80-71-72(70-79-73(76)67-64-61-58-55-52-49-24-21-18-15-12-9-6-3)81-75(78)69-66-63-60-57-54-51-47-26-23-20-17-14-11-8-5-2/h7-8,10-12,15-17,19-21,24-27,29-30,32-33,35-36,38-39,41-42,44-45,47-48,50,72H,4-6,9,13-14,18,22-23,28,31,34,37,40,43,46,49,51-71H2,1-3H3/b10-7-,11-8-,15-12-,19-16-,20-17-,24-21-,27-25-,30-29-,33-32-,36-35-,39-38-,42-41-,45-44-,47-26-,50-48-. The predicted molar refractivity (Wildman–Crippen MR) is 352 cm³/mol. The average molecular weight is 1110 g/mol. The van der Waals surface area contributed by atoms with Crippen molar-refractivity contribution in [2.75, 3.05) is 13.2 Å². The minimum atomic E-state index is -0.814. The third-order valence-corrected chi connectivity index (χ3v) is 12.9. The molecule has 0 N–H and O–H groups in total. The Bertz CT molecular complexity index is 1900. The van der Waals surface area contributed by atoms with E-state index in [1.807, 2.05) is 0 Å². The van der Waals surface area contributed by atoms with Crippen LogP contribution in [0.25, 0.3) is 0 Å². The van der Waals surface area contributed by atoms with Crippen molar-refractivity contribution >= 4 is 17.9 Å². The summed E-state index contributed by atoms with van der Waals surface area (Å²) >= 11 is 0. The van der Waals surface area contributed by atoms with Crippen molar-refractivity contribution in [1.82, 2.24) is 0 Å². The summed E-state index contributed by atoms with van der Waals surface area (Å²) in [6, 6.07) is 0. The maximum atomic E-state index is 12.9. The van der Waals surface area contributed by atoms with Crippen LogP contribution in [-0.4, -0.2) is 37.2 Å². The van der Waals surface area contributed by atoms with E-state index in [2.05, 4.69) is 203 Å². The van der Waals surface area contributed by atoms with Gasteiger partial charge in [-0.15, -0.1) is 0 Å². The topological polar surface area (TPSA) is 78.9 Å². The SMILES string of the molecule is CC/C=C\C/C=C\C/C=C\C/C=C\C/C=C\C/C=C\C/C=C\C/C=C\C/C=C\C/C=C\CCCCCCC(=O)OCC(COC(=O)CCCCCCC/C=C\C/C=C\CCC)OC(=O)CCCCCCC/C=C\C/C=C\C/C=C\CC. The van der Waals surface area contributed by atoms with Crippen LogP contribution < -0.4 is 0 Å². The van der Waals surface area contributed by atoms with Crippen LogP contribution in [0.5, 0.6) is 0 Å². The molecule has 6 nitrogen and oxygen atoms in total. The number of ether oxygens (including phenoxy) is 3. The van der Waals surface area contributed by atoms with Crippen LogP contribution in [0, 0.1) is 0 Å². The number of allylic oxidation sites excluding steroid dienone is 30. The Kier molecular flexibility index (Phi) is 62.5. The van der Waals surface area contributed by atoms with Crippen molar-refractivity contribution in [2.24, 2.45) is 0 Å². The van der Waals surface area contributed by atoms with Gasteiger partial charge >= 0.3 is 17.9 Å². The second-order valence-corrected chi connectivity index (χ2v) is 20.5. The second-order valence-electron chi connectivity index (χ2n) is 20.5. The zero-order valence-corrected chi connectivity index (χ0v) is 51.7. The second kappa shape index (κ2) is 67.0. The molecular weight excluding hydrogens is 997 g/mol. The molecular formula is C75H116O6. The third kappa shape index (κ3) is 65.2. The summed E-state index contributed by atoms with van der Waals surface area (Å²) in [5, 5.41) is 0. The lowest BCUT2D eigenvalue weighted by atomic mass is 10.1. The van der Waals surface area contributed by atoms with E-state index in [0.717, 1.165) is 205 Å². The van der Waals surface area contributed by atoms with E-state index in [4.69, 9.17) is 14.2 Å². The lowest BCUT2D eigenvalue weighted by Gasteiger charge is -2.18. The molecule has 0 heterocycles. The molecule has 1 unspecified atom stereocenters. The molecule has 6 heteroatoms. The van der Waals surface area contributed by atoms with Crippen LogP contribution in [0.15, 0.2) is 182 Å². The summed E-state index contributed by atoms with van der Waals surface area (Å²) in [5.74, 6) is -0.973. The van der Waals surface area contributed by atoms with Gasteiger partial charge in [-0.3, -0.25) is 14.4 Å². The summed E-state index contributed by atoms with van der Waals surface area (Å²) in [5.41, 5.74) is 0. The zero-order valence-electron chi connectivity index (χ0n) is 51.7. The van der Waals surface area contributed by atoms with Gasteiger partial charge in [-0.1, -0.05) is 261 Å². The fourth-order valence-corrected chi connectivity index (χ4v) is 8.11. The fraction of sp³-hybridized carbons (Fsp3) is 0.560. The molecule has 1 atom stereocenters. The van der Waals surface area contributed by atoms with Crippen molar-refractivity contribution in [3.05, 3.63) is 182 Å². The zero-order chi connectivity index (χ0) is 58.5. The quantitative estimate of drug-likeness (QED) is 0.0261. The first kappa shape index (κ1) is 75.5. The first-order chi connectivity index (χ1) is 40.0. The monoisotopic (exact) mass is 1110 g/mol. The van der Waals surface area contributed by atoms with Gasteiger partial charge in [0.15, 0.2) is 6.10 Å². The first-order valence-electron chi connectivity index (χ1n) is 32.3. The van der Waals surface area contributed by atoms with Gasteiger partial charge in [-0.25, -0.2) is 0 Å². The molecule has 0 fully saturated rings. The largest absolute Gasteiger partial charge is 0.462 e. The molecule has 0 saturated carbocycles. The lowest BCUT2D eigenvalue weighted by molar-refractivity contribution is -0.167. The number of hydrogen-bond donors (Lipinski definition) is 0. The summed E-state index contributed by atoms with van der Waals surface area (Å²) in [4.78, 5) is 38.2. The van der Waals surface area contributed by atoms with Crippen molar-refractivity contribution in [2.45, 2.75) is 258 Å². The average Bonchev–Trinajstić information content (AvgIpc) is 3.46. The van der Waals surface area contributed by atoms with Crippen molar-refractivity contribution < 1.29 is 28.6 Å². The van der Waals surface area contributed by atoms with Crippen LogP contribution in [0.2, 0.25) is 0 Å². The molecule has 0 aliphatic heterocycles. The van der Waals surface area contributed by atoms with Crippen molar-refractivity contribution in [3.8, 4) is 0 Å². The van der Waals surface area contributed by atoms with Gasteiger partial charge in [0, 0.05) is 19.3 Å². The van der Waals surface area contributed by atoms with Crippen molar-refractivity contribution in [3.63, 3.8) is 0 Å². The molecule has 452 valence electrons. The van der Waals surface area contributed by atoms with E-state index in [9.17, 15) is 14.4 Å². The van der Waals surface area contributed by atoms with Gasteiger partial charge in [0.25, 0.3) is 0 Å². The first-order valence-corrected chi connectivity index (χ1v) is 32.3. The van der Waals surface area contributed by atoms with E-state index < -0.39 is 6.10 Å². The highest BCUT2D eigenvalue weighted by Gasteiger charge is 2.19.